The van der Waals surface area contributed by atoms with E-state index >= 15 is 0 Å². The molecule has 6 nitrogen and oxygen atoms in total. The normalized spacial score (nSPS) is 14.6. The van der Waals surface area contributed by atoms with Crippen LogP contribution >= 0.6 is 0 Å². The van der Waals surface area contributed by atoms with Crippen molar-refractivity contribution < 1.29 is 9.53 Å². The summed E-state index contributed by atoms with van der Waals surface area (Å²) < 4.78 is 7.34. The molecular weight excluding hydrogens is 256 g/mol. The summed E-state index contributed by atoms with van der Waals surface area (Å²) in [6.07, 6.45) is 3.36. The maximum absolute atomic E-state index is 12.5. The summed E-state index contributed by atoms with van der Waals surface area (Å²) in [5.41, 5.74) is 6.86. The lowest BCUT2D eigenvalue weighted by Gasteiger charge is -2.19. The molecule has 1 amide bonds. The highest BCUT2D eigenvalue weighted by Crippen LogP contribution is 2.22. The summed E-state index contributed by atoms with van der Waals surface area (Å²) in [6, 6.07) is 7.33. The number of amides is 1. The molecule has 0 spiro atoms. The Morgan fingerprint density at radius 1 is 1.30 bits per heavy atom. The number of hydrogen-bond donors (Lipinski definition) is 1. The Bertz CT molecular complexity index is 623. The molecule has 1 aromatic heterocycles. The van der Waals surface area contributed by atoms with E-state index in [2.05, 4.69) is 5.10 Å². The van der Waals surface area contributed by atoms with Crippen LogP contribution in [0.3, 0.4) is 0 Å². The fourth-order valence-electron chi connectivity index (χ4n) is 2.25. The van der Waals surface area contributed by atoms with E-state index in [-0.39, 0.29) is 5.91 Å². The Hall–Kier alpha value is -2.50. The molecule has 0 saturated carbocycles. The Morgan fingerprint density at radius 2 is 2.15 bits per heavy atom. The van der Waals surface area contributed by atoms with Crippen LogP contribution in [0, 0.1) is 0 Å². The summed E-state index contributed by atoms with van der Waals surface area (Å²) in [4.78, 5) is 14.2. The van der Waals surface area contributed by atoms with E-state index in [4.69, 9.17) is 10.5 Å². The molecule has 104 valence electrons. The third-order valence-electron chi connectivity index (χ3n) is 3.28. The van der Waals surface area contributed by atoms with Gasteiger partial charge in [-0.1, -0.05) is 12.1 Å². The first kappa shape index (κ1) is 12.5. The third-order valence-corrected chi connectivity index (χ3v) is 3.28. The largest absolute Gasteiger partial charge is 0.491 e. The molecule has 2 aromatic rings. The fraction of sp³-hybridized carbons (Fsp3) is 0.286. The molecule has 0 unspecified atom stereocenters. The molecule has 2 N–H and O–H groups in total. The van der Waals surface area contributed by atoms with Gasteiger partial charge in [0.15, 0.2) is 0 Å². The predicted molar refractivity (Wildman–Crippen MR) is 74.5 cm³/mol. The van der Waals surface area contributed by atoms with Crippen molar-refractivity contribution >= 4 is 11.6 Å². The molecule has 20 heavy (non-hydrogen) atoms. The van der Waals surface area contributed by atoms with Crippen LogP contribution in [-0.2, 0) is 6.54 Å². The van der Waals surface area contributed by atoms with E-state index in [1.807, 2.05) is 18.2 Å². The minimum atomic E-state index is -0.00164. The van der Waals surface area contributed by atoms with E-state index in [9.17, 15) is 4.79 Å². The second-order valence-electron chi connectivity index (χ2n) is 4.67. The predicted octanol–water partition coefficient (Wildman–Crippen LogP) is 1.00. The number of nitrogens with two attached hydrogens (primary N) is 1. The van der Waals surface area contributed by atoms with Crippen LogP contribution in [0.5, 0.6) is 5.75 Å². The van der Waals surface area contributed by atoms with Gasteiger partial charge in [-0.2, -0.15) is 5.10 Å². The summed E-state index contributed by atoms with van der Waals surface area (Å²) in [5, 5.41) is 4.12. The highest BCUT2D eigenvalue weighted by atomic mass is 16.5. The lowest BCUT2D eigenvalue weighted by Crippen LogP contribution is -2.35. The minimum absolute atomic E-state index is 0.00164. The summed E-state index contributed by atoms with van der Waals surface area (Å²) >= 11 is 0. The van der Waals surface area contributed by atoms with Gasteiger partial charge in [-0.3, -0.25) is 9.48 Å². The number of nitrogen functional groups attached to an aromatic ring is 1. The molecule has 3 rings (SSSR count). The van der Waals surface area contributed by atoms with Crippen LogP contribution < -0.4 is 10.5 Å². The number of benzene rings is 1. The first-order chi connectivity index (χ1) is 9.74. The van der Waals surface area contributed by atoms with Crippen molar-refractivity contribution in [3.8, 4) is 5.75 Å². The second kappa shape index (κ2) is 5.24. The summed E-state index contributed by atoms with van der Waals surface area (Å²) in [5.74, 6) is 0.654. The van der Waals surface area contributed by atoms with Crippen LogP contribution in [0.2, 0.25) is 0 Å². The number of para-hydroxylation sites is 1. The van der Waals surface area contributed by atoms with Crippen LogP contribution in [0.25, 0.3) is 0 Å². The maximum Gasteiger partial charge on any atom is 0.257 e. The smallest absolute Gasteiger partial charge is 0.257 e. The summed E-state index contributed by atoms with van der Waals surface area (Å²) in [6.45, 7) is 2.27. The van der Waals surface area contributed by atoms with Crippen molar-refractivity contribution in [1.29, 1.82) is 0 Å². The molecule has 0 saturated heterocycles. The number of fused-ring (bicyclic) bond motifs is 1. The van der Waals surface area contributed by atoms with Crippen molar-refractivity contribution in [1.82, 2.24) is 14.7 Å². The monoisotopic (exact) mass is 272 g/mol. The maximum atomic E-state index is 12.5. The van der Waals surface area contributed by atoms with Crippen LogP contribution in [-0.4, -0.2) is 40.3 Å². The van der Waals surface area contributed by atoms with Crippen LogP contribution in [0.15, 0.2) is 36.7 Å². The topological polar surface area (TPSA) is 73.4 Å². The molecular formula is C14H16N4O2. The lowest BCUT2D eigenvalue weighted by molar-refractivity contribution is 0.0748. The third kappa shape index (κ3) is 2.45. The van der Waals surface area contributed by atoms with E-state index in [0.29, 0.717) is 43.2 Å². The van der Waals surface area contributed by atoms with Gasteiger partial charge in [-0.05, 0) is 12.1 Å². The Morgan fingerprint density at radius 3 is 2.95 bits per heavy atom. The van der Waals surface area contributed by atoms with E-state index in [0.717, 1.165) is 0 Å². The zero-order chi connectivity index (χ0) is 13.9. The van der Waals surface area contributed by atoms with Gasteiger partial charge in [0.25, 0.3) is 5.91 Å². The highest BCUT2D eigenvalue weighted by molar-refractivity contribution is 5.97. The first-order valence-electron chi connectivity index (χ1n) is 6.53. The Labute approximate surface area is 116 Å². The van der Waals surface area contributed by atoms with Gasteiger partial charge in [-0.15, -0.1) is 0 Å². The molecule has 0 aliphatic carbocycles. The number of aromatic nitrogens is 2. The van der Waals surface area contributed by atoms with Gasteiger partial charge in [0.2, 0.25) is 0 Å². The average molecular weight is 272 g/mol. The number of carbonyl (C=O) groups excluding carboxylic acids is 1. The van der Waals surface area contributed by atoms with Gasteiger partial charge < -0.3 is 15.4 Å². The molecule has 2 heterocycles. The Balaban J connectivity index is 1.72. The van der Waals surface area contributed by atoms with Crippen molar-refractivity contribution in [3.63, 3.8) is 0 Å². The zero-order valence-electron chi connectivity index (χ0n) is 11.0. The standard InChI is InChI=1S/C14H16N4O2/c15-11-9-16-18(10-11)6-5-17-7-8-20-13-4-2-1-3-12(13)14(17)19/h1-4,9-10H,5-8,15H2. The number of carbonyl (C=O) groups is 1. The molecule has 1 aromatic carbocycles. The Kier molecular flexibility index (Phi) is 3.28. The molecule has 0 fully saturated rings. The van der Waals surface area contributed by atoms with Gasteiger partial charge in [0, 0.05) is 12.7 Å². The first-order valence-corrected chi connectivity index (χ1v) is 6.53. The van der Waals surface area contributed by atoms with E-state index in [1.54, 1.807) is 28.0 Å². The molecule has 1 aliphatic heterocycles. The van der Waals surface area contributed by atoms with Gasteiger partial charge in [0.05, 0.1) is 30.5 Å². The van der Waals surface area contributed by atoms with Gasteiger partial charge >= 0.3 is 0 Å². The van der Waals surface area contributed by atoms with Crippen LogP contribution in [0.1, 0.15) is 10.4 Å². The van der Waals surface area contributed by atoms with E-state index in [1.165, 1.54) is 0 Å². The lowest BCUT2D eigenvalue weighted by atomic mass is 10.2. The average Bonchev–Trinajstić information content (AvgIpc) is 2.80. The minimum Gasteiger partial charge on any atom is -0.491 e. The molecule has 0 atom stereocenters. The highest BCUT2D eigenvalue weighted by Gasteiger charge is 2.22. The van der Waals surface area contributed by atoms with Crippen molar-refractivity contribution in [3.05, 3.63) is 42.2 Å². The molecule has 0 bridgehead atoms. The number of hydrogen-bond acceptors (Lipinski definition) is 4. The quantitative estimate of drug-likeness (QED) is 0.904. The van der Waals surface area contributed by atoms with Gasteiger partial charge in [-0.25, -0.2) is 0 Å². The molecule has 1 aliphatic rings. The van der Waals surface area contributed by atoms with Gasteiger partial charge in [0.1, 0.15) is 12.4 Å². The molecule has 6 heteroatoms. The number of anilines is 1. The molecule has 0 radical (unpaired) electrons. The second-order valence-corrected chi connectivity index (χ2v) is 4.67. The van der Waals surface area contributed by atoms with Crippen molar-refractivity contribution in [2.45, 2.75) is 6.54 Å². The zero-order valence-corrected chi connectivity index (χ0v) is 11.0. The van der Waals surface area contributed by atoms with Crippen molar-refractivity contribution in [2.24, 2.45) is 0 Å². The number of ether oxygens (including phenoxy) is 1. The summed E-state index contributed by atoms with van der Waals surface area (Å²) in [7, 11) is 0. The number of rotatable bonds is 3. The van der Waals surface area contributed by atoms with Crippen LogP contribution in [0.4, 0.5) is 5.69 Å². The van der Waals surface area contributed by atoms with E-state index < -0.39 is 0 Å². The number of nitrogens with zero attached hydrogens (tertiary/aromatic N) is 3. The van der Waals surface area contributed by atoms with Crippen molar-refractivity contribution in [2.75, 3.05) is 25.4 Å². The fourth-order valence-corrected chi connectivity index (χ4v) is 2.25. The SMILES string of the molecule is Nc1cnn(CCN2CCOc3ccccc3C2=O)c1.